The number of hydrogen-bond donors (Lipinski definition) is 1. The Bertz CT molecular complexity index is 587. The quantitative estimate of drug-likeness (QED) is 0.876. The van der Waals surface area contributed by atoms with E-state index in [1.165, 1.54) is 29.7 Å². The molecule has 0 saturated heterocycles. The van der Waals surface area contributed by atoms with E-state index in [1.807, 2.05) is 12.3 Å². The molecule has 1 N–H and O–H groups in total. The van der Waals surface area contributed by atoms with Gasteiger partial charge in [0.2, 0.25) is 0 Å². The van der Waals surface area contributed by atoms with Crippen LogP contribution in [0.3, 0.4) is 0 Å². The van der Waals surface area contributed by atoms with E-state index in [2.05, 4.69) is 56.2 Å². The van der Waals surface area contributed by atoms with Gasteiger partial charge >= 0.3 is 0 Å². The van der Waals surface area contributed by atoms with Gasteiger partial charge in [-0.05, 0) is 30.9 Å². The maximum Gasteiger partial charge on any atom is 0.0673 e. The molecule has 1 aliphatic carbocycles. The largest absolute Gasteiger partial charge is 0.310 e. The number of aromatic nitrogens is 2. The molecular weight excluding hydrogens is 314 g/mol. The maximum atomic E-state index is 4.58. The minimum atomic E-state index is 0.742. The summed E-state index contributed by atoms with van der Waals surface area (Å²) in [6.07, 6.45) is 5.69. The van der Waals surface area contributed by atoms with Crippen LogP contribution in [-0.4, -0.2) is 15.8 Å². The summed E-state index contributed by atoms with van der Waals surface area (Å²) in [5.74, 6) is 0. The van der Waals surface area contributed by atoms with Crippen LogP contribution < -0.4 is 5.32 Å². The summed E-state index contributed by atoms with van der Waals surface area (Å²) < 4.78 is 3.28. The van der Waals surface area contributed by atoms with Crippen molar-refractivity contribution >= 4 is 15.9 Å². The van der Waals surface area contributed by atoms with Gasteiger partial charge in [0.15, 0.2) is 0 Å². The highest BCUT2D eigenvalue weighted by molar-refractivity contribution is 9.10. The molecular formula is C16H20BrN3. The molecule has 0 unspecified atom stereocenters. The van der Waals surface area contributed by atoms with Crippen molar-refractivity contribution in [2.75, 3.05) is 0 Å². The van der Waals surface area contributed by atoms with E-state index in [1.54, 1.807) is 0 Å². The van der Waals surface area contributed by atoms with Crippen molar-refractivity contribution in [1.82, 2.24) is 15.1 Å². The van der Waals surface area contributed by atoms with Gasteiger partial charge < -0.3 is 5.32 Å². The summed E-state index contributed by atoms with van der Waals surface area (Å²) >= 11 is 3.61. The van der Waals surface area contributed by atoms with Crippen molar-refractivity contribution < 1.29 is 0 Å². The highest BCUT2D eigenvalue weighted by Gasteiger charge is 2.21. The lowest BCUT2D eigenvalue weighted by molar-refractivity contribution is 0.637. The molecule has 1 heterocycles. The van der Waals surface area contributed by atoms with Crippen LogP contribution in [0.4, 0.5) is 0 Å². The van der Waals surface area contributed by atoms with Gasteiger partial charge in [-0.3, -0.25) is 4.68 Å². The standard InChI is InChI=1S/C16H20BrN3/c1-2-16-13(9-18-14-7-8-14)10-19-20(16)11-12-5-3-4-6-15(12)17/h3-6,10,14,18H,2,7-9,11H2,1H3. The molecule has 0 aliphatic heterocycles. The van der Waals surface area contributed by atoms with E-state index in [-0.39, 0.29) is 0 Å². The summed E-state index contributed by atoms with van der Waals surface area (Å²) in [6, 6.07) is 9.09. The molecule has 20 heavy (non-hydrogen) atoms. The second-order valence-corrected chi connectivity index (χ2v) is 6.23. The van der Waals surface area contributed by atoms with Crippen LogP contribution >= 0.6 is 15.9 Å². The Morgan fingerprint density at radius 1 is 1.30 bits per heavy atom. The van der Waals surface area contributed by atoms with Crippen LogP contribution in [0.25, 0.3) is 0 Å². The lowest BCUT2D eigenvalue weighted by atomic mass is 10.2. The SMILES string of the molecule is CCc1c(CNC2CC2)cnn1Cc1ccccc1Br. The van der Waals surface area contributed by atoms with E-state index in [0.29, 0.717) is 0 Å². The Morgan fingerprint density at radius 2 is 2.10 bits per heavy atom. The molecule has 0 amide bonds. The average Bonchev–Trinajstić information content (AvgIpc) is 3.20. The second-order valence-electron chi connectivity index (χ2n) is 5.37. The fraction of sp³-hybridized carbons (Fsp3) is 0.438. The van der Waals surface area contributed by atoms with Gasteiger partial charge in [-0.15, -0.1) is 0 Å². The summed E-state index contributed by atoms with van der Waals surface area (Å²) in [6.45, 7) is 3.98. The molecule has 1 aromatic heterocycles. The predicted molar refractivity (Wildman–Crippen MR) is 84.7 cm³/mol. The zero-order chi connectivity index (χ0) is 13.9. The highest BCUT2D eigenvalue weighted by atomic mass is 79.9. The van der Waals surface area contributed by atoms with Gasteiger partial charge in [0.05, 0.1) is 12.7 Å². The van der Waals surface area contributed by atoms with Crippen LogP contribution in [0, 0.1) is 0 Å². The first-order valence-electron chi connectivity index (χ1n) is 7.28. The molecule has 1 saturated carbocycles. The lowest BCUT2D eigenvalue weighted by Crippen LogP contribution is -2.16. The van der Waals surface area contributed by atoms with Crippen LogP contribution in [0.15, 0.2) is 34.9 Å². The minimum Gasteiger partial charge on any atom is -0.310 e. The Hall–Kier alpha value is -1.13. The van der Waals surface area contributed by atoms with Gasteiger partial charge in [0.1, 0.15) is 0 Å². The Labute approximate surface area is 128 Å². The van der Waals surface area contributed by atoms with Gasteiger partial charge in [0.25, 0.3) is 0 Å². The molecule has 1 fully saturated rings. The van der Waals surface area contributed by atoms with Gasteiger partial charge in [-0.25, -0.2) is 0 Å². The number of benzene rings is 1. The molecule has 0 radical (unpaired) electrons. The van der Waals surface area contributed by atoms with Crippen LogP contribution in [0.5, 0.6) is 0 Å². The molecule has 1 aromatic carbocycles. The lowest BCUT2D eigenvalue weighted by Gasteiger charge is -2.10. The van der Waals surface area contributed by atoms with Crippen LogP contribution in [0.1, 0.15) is 36.6 Å². The third-order valence-electron chi connectivity index (χ3n) is 3.81. The first kappa shape index (κ1) is 13.8. The first-order valence-corrected chi connectivity index (χ1v) is 8.07. The number of halogens is 1. The van der Waals surface area contributed by atoms with Crippen LogP contribution in [-0.2, 0) is 19.5 Å². The van der Waals surface area contributed by atoms with Crippen molar-refractivity contribution in [3.05, 3.63) is 51.8 Å². The molecule has 4 heteroatoms. The summed E-state index contributed by atoms with van der Waals surface area (Å²) in [7, 11) is 0. The average molecular weight is 334 g/mol. The Balaban J connectivity index is 1.76. The topological polar surface area (TPSA) is 29.9 Å². The molecule has 106 valence electrons. The molecule has 0 spiro atoms. The van der Waals surface area contributed by atoms with E-state index >= 15 is 0 Å². The van der Waals surface area contributed by atoms with Crippen molar-refractivity contribution in [3.63, 3.8) is 0 Å². The maximum absolute atomic E-state index is 4.58. The fourth-order valence-electron chi connectivity index (χ4n) is 2.47. The summed E-state index contributed by atoms with van der Waals surface area (Å²) in [5, 5.41) is 8.15. The van der Waals surface area contributed by atoms with Crippen molar-refractivity contribution in [1.29, 1.82) is 0 Å². The number of nitrogens with one attached hydrogen (secondary N) is 1. The van der Waals surface area contributed by atoms with Gasteiger partial charge in [-0.1, -0.05) is 41.1 Å². The molecule has 0 bridgehead atoms. The van der Waals surface area contributed by atoms with E-state index < -0.39 is 0 Å². The smallest absolute Gasteiger partial charge is 0.0673 e. The molecule has 0 atom stereocenters. The summed E-state index contributed by atoms with van der Waals surface area (Å²) in [4.78, 5) is 0. The Kier molecular flexibility index (Phi) is 4.22. The normalized spacial score (nSPS) is 14.7. The van der Waals surface area contributed by atoms with Crippen LogP contribution in [0.2, 0.25) is 0 Å². The molecule has 1 aliphatic rings. The molecule has 3 nitrogen and oxygen atoms in total. The molecule has 3 rings (SSSR count). The second kappa shape index (κ2) is 6.10. The van der Waals surface area contributed by atoms with Crippen molar-refractivity contribution in [2.45, 2.75) is 45.3 Å². The monoisotopic (exact) mass is 333 g/mol. The Morgan fingerprint density at radius 3 is 2.80 bits per heavy atom. The van der Waals surface area contributed by atoms with E-state index in [0.717, 1.165) is 30.0 Å². The van der Waals surface area contributed by atoms with E-state index in [9.17, 15) is 0 Å². The van der Waals surface area contributed by atoms with Gasteiger partial charge in [0, 0.05) is 28.3 Å². The first-order chi connectivity index (χ1) is 9.78. The number of hydrogen-bond acceptors (Lipinski definition) is 2. The number of nitrogens with zero attached hydrogens (tertiary/aromatic N) is 2. The predicted octanol–water partition coefficient (Wildman–Crippen LogP) is 3.51. The summed E-state index contributed by atoms with van der Waals surface area (Å²) in [5.41, 5.74) is 3.95. The van der Waals surface area contributed by atoms with Crippen molar-refractivity contribution in [2.24, 2.45) is 0 Å². The zero-order valence-corrected chi connectivity index (χ0v) is 13.4. The third-order valence-corrected chi connectivity index (χ3v) is 4.58. The van der Waals surface area contributed by atoms with Gasteiger partial charge in [-0.2, -0.15) is 5.10 Å². The number of rotatable bonds is 6. The molecule has 2 aromatic rings. The zero-order valence-electron chi connectivity index (χ0n) is 11.8. The van der Waals surface area contributed by atoms with E-state index in [4.69, 9.17) is 0 Å². The third kappa shape index (κ3) is 3.13. The fourth-order valence-corrected chi connectivity index (χ4v) is 2.88. The highest BCUT2D eigenvalue weighted by Crippen LogP contribution is 2.21. The minimum absolute atomic E-state index is 0.742. The van der Waals surface area contributed by atoms with Crippen molar-refractivity contribution in [3.8, 4) is 0 Å².